The van der Waals surface area contributed by atoms with E-state index >= 15 is 0 Å². The predicted octanol–water partition coefficient (Wildman–Crippen LogP) is 8.12. The van der Waals surface area contributed by atoms with Crippen molar-refractivity contribution in [2.45, 2.75) is 104 Å². The normalized spacial score (nSPS) is 15.5. The monoisotopic (exact) mass is 466 g/mol. The Morgan fingerprint density at radius 1 is 0.594 bits per heavy atom. The summed E-state index contributed by atoms with van der Waals surface area (Å²) in [5.74, 6) is 0. The maximum atomic E-state index is 2.93. The van der Waals surface area contributed by atoms with E-state index in [0.717, 1.165) is 0 Å². The molecule has 2 aliphatic rings. The second-order valence-electron chi connectivity index (χ2n) is 10.3. The van der Waals surface area contributed by atoms with E-state index in [2.05, 4.69) is 44.5 Å². The van der Waals surface area contributed by atoms with E-state index in [1.54, 1.807) is 55.6 Å². The van der Waals surface area contributed by atoms with Crippen molar-refractivity contribution in [2.24, 2.45) is 0 Å². The SMILES string of the molecule is Cc1cc2c(c(-c3c(CCCCP)c(C)cc4c3CCCC4)c1CCCCP)CCCC2. The second-order valence-corrected chi connectivity index (χ2v) is 11.4. The Labute approximate surface area is 202 Å². The van der Waals surface area contributed by atoms with Crippen molar-refractivity contribution in [1.82, 2.24) is 0 Å². The van der Waals surface area contributed by atoms with Gasteiger partial charge in [0.2, 0.25) is 0 Å². The zero-order valence-corrected chi connectivity index (χ0v) is 22.9. The van der Waals surface area contributed by atoms with Crippen LogP contribution in [0, 0.1) is 13.8 Å². The minimum Gasteiger partial charge on any atom is -0.138 e. The third kappa shape index (κ3) is 5.18. The van der Waals surface area contributed by atoms with Gasteiger partial charge in [0.15, 0.2) is 0 Å². The highest BCUT2D eigenvalue weighted by atomic mass is 31.0. The second kappa shape index (κ2) is 11.6. The lowest BCUT2D eigenvalue weighted by molar-refractivity contribution is 0.676. The zero-order chi connectivity index (χ0) is 22.5. The van der Waals surface area contributed by atoms with Crippen molar-refractivity contribution in [3.05, 3.63) is 56.6 Å². The van der Waals surface area contributed by atoms with Gasteiger partial charge in [-0.3, -0.25) is 0 Å². The molecule has 2 unspecified atom stereocenters. The number of fused-ring (bicyclic) bond motifs is 2. The van der Waals surface area contributed by atoms with Crippen LogP contribution in [-0.2, 0) is 38.5 Å². The third-order valence-corrected chi connectivity index (χ3v) is 8.79. The first-order valence-corrected chi connectivity index (χ1v) is 15.0. The van der Waals surface area contributed by atoms with E-state index in [4.69, 9.17) is 0 Å². The molecule has 0 heterocycles. The number of unbranched alkanes of at least 4 members (excludes halogenated alkanes) is 2. The van der Waals surface area contributed by atoms with Crippen molar-refractivity contribution in [3.8, 4) is 11.1 Å². The molecule has 0 fully saturated rings. The molecule has 0 spiro atoms. The van der Waals surface area contributed by atoms with Crippen LogP contribution < -0.4 is 0 Å². The highest BCUT2D eigenvalue weighted by Gasteiger charge is 2.26. The van der Waals surface area contributed by atoms with Gasteiger partial charge in [0.25, 0.3) is 0 Å². The molecule has 2 atom stereocenters. The van der Waals surface area contributed by atoms with E-state index in [9.17, 15) is 0 Å². The third-order valence-electron chi connectivity index (χ3n) is 7.97. The van der Waals surface area contributed by atoms with Gasteiger partial charge in [0.1, 0.15) is 0 Å². The smallest absolute Gasteiger partial charge is 0.0109 e. The molecule has 32 heavy (non-hydrogen) atoms. The molecule has 2 aromatic carbocycles. The molecular formula is C30H44P2. The van der Waals surface area contributed by atoms with Crippen molar-refractivity contribution >= 4 is 18.5 Å². The highest BCUT2D eigenvalue weighted by Crippen LogP contribution is 2.44. The number of rotatable bonds is 9. The minimum atomic E-state index is 1.22. The van der Waals surface area contributed by atoms with E-state index in [1.165, 1.54) is 102 Å². The molecule has 2 heteroatoms. The molecule has 0 aliphatic heterocycles. The summed E-state index contributed by atoms with van der Waals surface area (Å²) in [4.78, 5) is 0. The van der Waals surface area contributed by atoms with Gasteiger partial charge in [-0.05, 0) is 172 Å². The Morgan fingerprint density at radius 2 is 1.00 bits per heavy atom. The maximum Gasteiger partial charge on any atom is -0.0109 e. The molecule has 0 saturated heterocycles. The van der Waals surface area contributed by atoms with Gasteiger partial charge in [0, 0.05) is 0 Å². The van der Waals surface area contributed by atoms with Crippen LogP contribution in [0.1, 0.15) is 95.9 Å². The van der Waals surface area contributed by atoms with Crippen LogP contribution in [0.15, 0.2) is 12.1 Å². The number of hydrogen-bond donors (Lipinski definition) is 0. The molecule has 0 amide bonds. The van der Waals surface area contributed by atoms with E-state index in [-0.39, 0.29) is 0 Å². The van der Waals surface area contributed by atoms with Gasteiger partial charge < -0.3 is 0 Å². The van der Waals surface area contributed by atoms with Crippen LogP contribution in [0.25, 0.3) is 11.1 Å². The first kappa shape index (κ1) is 24.4. The molecule has 0 bridgehead atoms. The van der Waals surface area contributed by atoms with Crippen molar-refractivity contribution in [2.75, 3.05) is 12.3 Å². The molecule has 0 aromatic heterocycles. The molecule has 2 aromatic rings. The topological polar surface area (TPSA) is 0 Å². The molecule has 0 N–H and O–H groups in total. The summed E-state index contributed by atoms with van der Waals surface area (Å²) in [5.41, 5.74) is 16.7. The summed E-state index contributed by atoms with van der Waals surface area (Å²) in [6, 6.07) is 5.15. The Morgan fingerprint density at radius 3 is 1.41 bits per heavy atom. The standard InChI is InChI=1S/C30H44P2/c1-21-19-23-11-3-5-15-27(23)29(25(21)13-7-9-17-31)30-26(14-8-10-18-32)22(2)20-24-12-4-6-16-28(24)30/h19-20H,3-18,31-32H2,1-2H3. The largest absolute Gasteiger partial charge is 0.138 e. The Bertz CT molecular complexity index is 863. The Hall–Kier alpha value is -0.700. The molecular weight excluding hydrogens is 422 g/mol. The van der Waals surface area contributed by atoms with Crippen LogP contribution in [0.2, 0.25) is 0 Å². The number of hydrogen-bond acceptors (Lipinski definition) is 0. The molecule has 174 valence electrons. The fourth-order valence-electron chi connectivity index (χ4n) is 6.34. The lowest BCUT2D eigenvalue weighted by Crippen LogP contribution is -2.14. The summed E-state index contributed by atoms with van der Waals surface area (Å²) >= 11 is 0. The summed E-state index contributed by atoms with van der Waals surface area (Å²) in [7, 11) is 5.86. The first-order chi connectivity index (χ1) is 15.7. The van der Waals surface area contributed by atoms with Crippen LogP contribution in [0.5, 0.6) is 0 Å². The summed E-state index contributed by atoms with van der Waals surface area (Å²) in [6.45, 7) is 4.81. The van der Waals surface area contributed by atoms with Gasteiger partial charge >= 0.3 is 0 Å². The maximum absolute atomic E-state index is 2.93. The van der Waals surface area contributed by atoms with Crippen LogP contribution >= 0.6 is 18.5 Å². The fourth-order valence-corrected chi connectivity index (χ4v) is 6.92. The van der Waals surface area contributed by atoms with E-state index in [1.807, 2.05) is 0 Å². The highest BCUT2D eigenvalue weighted by molar-refractivity contribution is 7.16. The van der Waals surface area contributed by atoms with E-state index in [0.29, 0.717) is 0 Å². The molecule has 0 saturated carbocycles. The van der Waals surface area contributed by atoms with Crippen molar-refractivity contribution < 1.29 is 0 Å². The molecule has 0 nitrogen and oxygen atoms in total. The first-order valence-electron chi connectivity index (χ1n) is 13.3. The van der Waals surface area contributed by atoms with Gasteiger partial charge in [-0.25, -0.2) is 0 Å². The molecule has 4 rings (SSSR count). The number of benzene rings is 2. The molecule has 2 aliphatic carbocycles. The predicted molar refractivity (Wildman–Crippen MR) is 150 cm³/mol. The van der Waals surface area contributed by atoms with Gasteiger partial charge in [-0.2, -0.15) is 0 Å². The Kier molecular flexibility index (Phi) is 8.87. The van der Waals surface area contributed by atoms with Crippen LogP contribution in [-0.4, -0.2) is 12.3 Å². The van der Waals surface area contributed by atoms with Gasteiger partial charge in [-0.1, -0.05) is 12.1 Å². The average molecular weight is 467 g/mol. The summed E-state index contributed by atoms with van der Waals surface area (Å²) < 4.78 is 0. The summed E-state index contributed by atoms with van der Waals surface area (Å²) in [5, 5.41) is 0. The number of aryl methyl sites for hydroxylation is 4. The van der Waals surface area contributed by atoms with Crippen molar-refractivity contribution in [1.29, 1.82) is 0 Å². The van der Waals surface area contributed by atoms with Gasteiger partial charge in [0.05, 0.1) is 0 Å². The van der Waals surface area contributed by atoms with Crippen LogP contribution in [0.4, 0.5) is 0 Å². The van der Waals surface area contributed by atoms with Crippen LogP contribution in [0.3, 0.4) is 0 Å². The fraction of sp³-hybridized carbons (Fsp3) is 0.600. The van der Waals surface area contributed by atoms with Gasteiger partial charge in [-0.15, -0.1) is 18.5 Å². The summed E-state index contributed by atoms with van der Waals surface area (Å²) in [6.07, 6.45) is 20.8. The Balaban J connectivity index is 1.96. The van der Waals surface area contributed by atoms with Crippen molar-refractivity contribution in [3.63, 3.8) is 0 Å². The van der Waals surface area contributed by atoms with E-state index < -0.39 is 0 Å². The average Bonchev–Trinajstić information content (AvgIpc) is 2.80. The molecule has 0 radical (unpaired) electrons. The zero-order valence-electron chi connectivity index (χ0n) is 20.6. The minimum absolute atomic E-state index is 1.22. The lowest BCUT2D eigenvalue weighted by atomic mass is 9.74. The quantitative estimate of drug-likeness (QED) is 0.258. The lowest BCUT2D eigenvalue weighted by Gasteiger charge is -2.31.